The van der Waals surface area contributed by atoms with Crippen LogP contribution in [-0.4, -0.2) is 31.6 Å². The van der Waals surface area contributed by atoms with Gasteiger partial charge in [0.25, 0.3) is 0 Å². The summed E-state index contributed by atoms with van der Waals surface area (Å²) < 4.78 is 0. The van der Waals surface area contributed by atoms with Crippen molar-refractivity contribution < 1.29 is 4.79 Å². The Hall–Kier alpha value is -0.610. The van der Waals surface area contributed by atoms with Crippen molar-refractivity contribution in [3.05, 3.63) is 0 Å². The summed E-state index contributed by atoms with van der Waals surface area (Å²) in [6.45, 7) is 8.92. The van der Waals surface area contributed by atoms with Gasteiger partial charge in [0.1, 0.15) is 0 Å². The van der Waals surface area contributed by atoms with E-state index in [0.29, 0.717) is 6.04 Å². The summed E-state index contributed by atoms with van der Waals surface area (Å²) in [5, 5.41) is 6.41. The lowest BCUT2D eigenvalue weighted by Crippen LogP contribution is -2.30. The van der Waals surface area contributed by atoms with Crippen molar-refractivity contribution in [3.8, 4) is 0 Å². The topological polar surface area (TPSA) is 67.1 Å². The Bertz CT molecular complexity index is 219. The molecule has 0 unspecified atom stereocenters. The third-order valence-electron chi connectivity index (χ3n) is 3.24. The molecule has 1 amide bonds. The molecule has 0 fully saturated rings. The first-order chi connectivity index (χ1) is 9.07. The third kappa shape index (κ3) is 12.2. The van der Waals surface area contributed by atoms with Gasteiger partial charge in [-0.1, -0.05) is 33.6 Å². The molecule has 0 spiro atoms. The monoisotopic (exact) mass is 271 g/mol. The molecule has 0 saturated carbocycles. The minimum atomic E-state index is 0.120. The predicted octanol–water partition coefficient (Wildman–Crippen LogP) is 2.04. The Labute approximate surface area is 118 Å². The first-order valence-corrected chi connectivity index (χ1v) is 7.79. The van der Waals surface area contributed by atoms with E-state index in [1.54, 1.807) is 0 Å². The lowest BCUT2D eigenvalue weighted by atomic mass is 10.0. The van der Waals surface area contributed by atoms with Crippen LogP contribution in [0.25, 0.3) is 0 Å². The number of hydrogen-bond donors (Lipinski definition) is 3. The number of rotatable bonds is 12. The molecule has 0 aromatic rings. The maximum absolute atomic E-state index is 11.8. The zero-order chi connectivity index (χ0) is 14.5. The first-order valence-electron chi connectivity index (χ1n) is 7.79. The van der Waals surface area contributed by atoms with Gasteiger partial charge in [0, 0.05) is 18.5 Å². The second kappa shape index (κ2) is 12.4. The highest BCUT2D eigenvalue weighted by atomic mass is 16.1. The number of carbonyl (C=O) groups is 1. The molecule has 0 aliphatic carbocycles. The van der Waals surface area contributed by atoms with Gasteiger partial charge < -0.3 is 16.4 Å². The maximum atomic E-state index is 11.8. The third-order valence-corrected chi connectivity index (χ3v) is 3.24. The molecule has 0 saturated heterocycles. The van der Waals surface area contributed by atoms with E-state index in [1.807, 2.05) is 6.92 Å². The zero-order valence-corrected chi connectivity index (χ0v) is 13.0. The van der Waals surface area contributed by atoms with Crippen molar-refractivity contribution in [1.82, 2.24) is 10.6 Å². The van der Waals surface area contributed by atoms with Gasteiger partial charge in [-0.2, -0.15) is 0 Å². The van der Waals surface area contributed by atoms with E-state index in [0.717, 1.165) is 45.3 Å². The summed E-state index contributed by atoms with van der Waals surface area (Å²) in [6.07, 6.45) is 6.43. The largest absolute Gasteiger partial charge is 0.356 e. The molecule has 114 valence electrons. The molecule has 0 heterocycles. The zero-order valence-electron chi connectivity index (χ0n) is 13.0. The molecule has 0 aliphatic rings. The Kier molecular flexibility index (Phi) is 12.0. The van der Waals surface area contributed by atoms with Crippen LogP contribution in [0.5, 0.6) is 0 Å². The summed E-state index contributed by atoms with van der Waals surface area (Å²) in [5.74, 6) is 0.312. The molecular formula is C15H33N3O. The summed E-state index contributed by atoms with van der Waals surface area (Å²) >= 11 is 0. The van der Waals surface area contributed by atoms with Crippen LogP contribution < -0.4 is 16.4 Å². The molecule has 4 heteroatoms. The number of unbranched alkanes of at least 4 members (excludes halogenated alkanes) is 3. The van der Waals surface area contributed by atoms with E-state index < -0.39 is 0 Å². The van der Waals surface area contributed by atoms with Crippen LogP contribution in [0.3, 0.4) is 0 Å². The predicted molar refractivity (Wildman–Crippen MR) is 82.1 cm³/mol. The summed E-state index contributed by atoms with van der Waals surface area (Å²) in [5.41, 5.74) is 5.44. The van der Waals surface area contributed by atoms with Crippen molar-refractivity contribution in [2.24, 2.45) is 11.7 Å². The lowest BCUT2D eigenvalue weighted by Gasteiger charge is -2.12. The molecule has 1 atom stereocenters. The average Bonchev–Trinajstić information content (AvgIpc) is 2.37. The smallest absolute Gasteiger partial charge is 0.222 e. The number of nitrogens with two attached hydrogens (primary N) is 1. The number of hydrogen-bond acceptors (Lipinski definition) is 3. The van der Waals surface area contributed by atoms with Crippen molar-refractivity contribution in [2.45, 2.75) is 65.3 Å². The van der Waals surface area contributed by atoms with Gasteiger partial charge in [0.15, 0.2) is 0 Å². The van der Waals surface area contributed by atoms with Crippen molar-refractivity contribution in [1.29, 1.82) is 0 Å². The second-order valence-corrected chi connectivity index (χ2v) is 5.65. The fourth-order valence-electron chi connectivity index (χ4n) is 1.93. The fraction of sp³-hybridized carbons (Fsp3) is 0.933. The van der Waals surface area contributed by atoms with Crippen molar-refractivity contribution in [2.75, 3.05) is 19.6 Å². The van der Waals surface area contributed by atoms with Gasteiger partial charge in [0.05, 0.1) is 0 Å². The molecule has 0 aliphatic heterocycles. The number of nitrogens with one attached hydrogen (secondary N) is 2. The van der Waals surface area contributed by atoms with Crippen LogP contribution in [0.2, 0.25) is 0 Å². The van der Waals surface area contributed by atoms with E-state index in [9.17, 15) is 4.79 Å². The second-order valence-electron chi connectivity index (χ2n) is 5.65. The molecule has 4 nitrogen and oxygen atoms in total. The molecule has 19 heavy (non-hydrogen) atoms. The van der Waals surface area contributed by atoms with E-state index >= 15 is 0 Å². The lowest BCUT2D eigenvalue weighted by molar-refractivity contribution is -0.124. The molecular weight excluding hydrogens is 238 g/mol. The Morgan fingerprint density at radius 1 is 1.00 bits per heavy atom. The summed E-state index contributed by atoms with van der Waals surface area (Å²) in [7, 11) is 0. The SMILES string of the molecule is CC(C)NCCCCCNC(=O)[C@H](C)CCCCN. The summed E-state index contributed by atoms with van der Waals surface area (Å²) in [6, 6.07) is 0.564. The van der Waals surface area contributed by atoms with Gasteiger partial charge in [-0.05, 0) is 38.8 Å². The van der Waals surface area contributed by atoms with Crippen LogP contribution >= 0.6 is 0 Å². The van der Waals surface area contributed by atoms with Crippen LogP contribution in [0.15, 0.2) is 0 Å². The fourth-order valence-corrected chi connectivity index (χ4v) is 1.93. The molecule has 0 rings (SSSR count). The van der Waals surface area contributed by atoms with Gasteiger partial charge in [0.2, 0.25) is 5.91 Å². The molecule has 0 aromatic heterocycles. The highest BCUT2D eigenvalue weighted by Crippen LogP contribution is 2.07. The number of amides is 1. The molecule has 4 N–H and O–H groups in total. The minimum Gasteiger partial charge on any atom is -0.356 e. The summed E-state index contributed by atoms with van der Waals surface area (Å²) in [4.78, 5) is 11.8. The van der Waals surface area contributed by atoms with Crippen LogP contribution in [0, 0.1) is 5.92 Å². The van der Waals surface area contributed by atoms with Gasteiger partial charge in [-0.25, -0.2) is 0 Å². The van der Waals surface area contributed by atoms with E-state index in [-0.39, 0.29) is 11.8 Å². The van der Waals surface area contributed by atoms with Crippen LogP contribution in [0.1, 0.15) is 59.3 Å². The van der Waals surface area contributed by atoms with Crippen LogP contribution in [-0.2, 0) is 4.79 Å². The molecule has 0 aromatic carbocycles. The minimum absolute atomic E-state index is 0.120. The molecule has 0 radical (unpaired) electrons. The van der Waals surface area contributed by atoms with Gasteiger partial charge >= 0.3 is 0 Å². The number of carbonyl (C=O) groups excluding carboxylic acids is 1. The quantitative estimate of drug-likeness (QED) is 0.476. The average molecular weight is 271 g/mol. The van der Waals surface area contributed by atoms with E-state index in [4.69, 9.17) is 5.73 Å². The standard InChI is InChI=1S/C15H33N3O/c1-13(2)17-11-7-4-8-12-18-15(19)14(3)9-5-6-10-16/h13-14,17H,4-12,16H2,1-3H3,(H,18,19)/t14-/m1/s1. The van der Waals surface area contributed by atoms with E-state index in [2.05, 4.69) is 24.5 Å². The first kappa shape index (κ1) is 18.4. The molecule has 0 bridgehead atoms. The highest BCUT2D eigenvalue weighted by molar-refractivity contribution is 5.78. The Morgan fingerprint density at radius 2 is 1.68 bits per heavy atom. The van der Waals surface area contributed by atoms with Crippen molar-refractivity contribution >= 4 is 5.91 Å². The normalized spacial score (nSPS) is 12.7. The van der Waals surface area contributed by atoms with Crippen LogP contribution in [0.4, 0.5) is 0 Å². The van der Waals surface area contributed by atoms with Gasteiger partial charge in [-0.15, -0.1) is 0 Å². The Balaban J connectivity index is 3.37. The van der Waals surface area contributed by atoms with E-state index in [1.165, 1.54) is 12.8 Å². The highest BCUT2D eigenvalue weighted by Gasteiger charge is 2.11. The van der Waals surface area contributed by atoms with Crippen molar-refractivity contribution in [3.63, 3.8) is 0 Å². The Morgan fingerprint density at radius 3 is 2.32 bits per heavy atom. The van der Waals surface area contributed by atoms with Gasteiger partial charge in [-0.3, -0.25) is 4.79 Å². The maximum Gasteiger partial charge on any atom is 0.222 e.